The van der Waals surface area contributed by atoms with Crippen LogP contribution < -0.4 is 5.73 Å². The monoisotopic (exact) mass is 401 g/mol. The number of aromatic nitrogens is 3. The molecule has 4 N–H and O–H groups in total. The molecule has 0 bridgehead atoms. The molecule has 4 rings (SSSR count). The maximum atomic E-state index is 12.8. The number of hydrogen-bond donors (Lipinski definition) is 3. The van der Waals surface area contributed by atoms with Gasteiger partial charge < -0.3 is 25.4 Å². The van der Waals surface area contributed by atoms with Gasteiger partial charge in [-0.25, -0.2) is 9.50 Å². The fraction of sp³-hybridized carbons (Fsp3) is 0.579. The maximum Gasteiger partial charge on any atom is 0.314 e. The molecule has 0 aromatic carbocycles. The smallest absolute Gasteiger partial charge is 0.314 e. The average molecular weight is 401 g/mol. The van der Waals surface area contributed by atoms with E-state index in [1.807, 2.05) is 13.0 Å². The summed E-state index contributed by atoms with van der Waals surface area (Å²) in [6, 6.07) is 5.00. The van der Waals surface area contributed by atoms with Crippen molar-refractivity contribution in [2.75, 3.05) is 5.73 Å². The summed E-state index contributed by atoms with van der Waals surface area (Å²) >= 11 is 0. The minimum Gasteiger partial charge on any atom is -0.432 e. The predicted octanol–water partition coefficient (Wildman–Crippen LogP) is 0.622. The van der Waals surface area contributed by atoms with E-state index >= 15 is 0 Å². The number of carbonyl (C=O) groups excluding carboxylic acids is 1. The SMILES string of the molecule is CC1(C(=O)O[C@H]2O[C@@](C#N)(c3ccc4c(N)ncnn34)[C@H](O)[C@@H]2O)CCCCC1. The number of aliphatic hydroxyl groups excluding tert-OH is 2. The molecule has 154 valence electrons. The van der Waals surface area contributed by atoms with Crippen molar-refractivity contribution in [2.24, 2.45) is 5.41 Å². The van der Waals surface area contributed by atoms with E-state index in [1.165, 1.54) is 16.9 Å². The molecule has 2 aromatic heterocycles. The van der Waals surface area contributed by atoms with Gasteiger partial charge in [-0.15, -0.1) is 0 Å². The van der Waals surface area contributed by atoms with Crippen molar-refractivity contribution < 1.29 is 24.5 Å². The van der Waals surface area contributed by atoms with Gasteiger partial charge in [0.2, 0.25) is 11.9 Å². The molecule has 4 atom stereocenters. The number of nitrogens with two attached hydrogens (primary N) is 1. The van der Waals surface area contributed by atoms with E-state index in [0.717, 1.165) is 19.3 Å². The van der Waals surface area contributed by atoms with Crippen LogP contribution in [0.3, 0.4) is 0 Å². The molecule has 29 heavy (non-hydrogen) atoms. The number of ether oxygens (including phenoxy) is 2. The molecule has 1 aliphatic heterocycles. The van der Waals surface area contributed by atoms with Crippen LogP contribution in [-0.4, -0.2) is 49.3 Å². The summed E-state index contributed by atoms with van der Waals surface area (Å²) in [4.78, 5) is 16.6. The minimum absolute atomic E-state index is 0.151. The highest BCUT2D eigenvalue weighted by Crippen LogP contribution is 2.43. The highest BCUT2D eigenvalue weighted by molar-refractivity contribution is 5.76. The number of aliphatic hydroxyl groups is 2. The standard InChI is InChI=1S/C19H23N5O5/c1-18(7-3-2-4-8-18)17(27)28-16-13(25)14(26)19(9-20,29-16)12-6-5-11-15(21)22-10-23-24(11)12/h5-6,10,13-14,16,25-26H,2-4,7-8H2,1H3,(H2,21,22,23)/t13-,14+,16-,19-/m0/s1. The van der Waals surface area contributed by atoms with Gasteiger partial charge in [0.15, 0.2) is 5.82 Å². The summed E-state index contributed by atoms with van der Waals surface area (Å²) in [5.41, 5.74) is 3.73. The molecule has 2 aliphatic rings. The van der Waals surface area contributed by atoms with Crippen molar-refractivity contribution in [3.8, 4) is 6.07 Å². The first-order valence-corrected chi connectivity index (χ1v) is 9.57. The predicted molar refractivity (Wildman–Crippen MR) is 98.9 cm³/mol. The number of fused-ring (bicyclic) bond motifs is 1. The van der Waals surface area contributed by atoms with Crippen LogP contribution in [-0.2, 0) is 19.9 Å². The summed E-state index contributed by atoms with van der Waals surface area (Å²) < 4.78 is 12.4. The van der Waals surface area contributed by atoms with Crippen molar-refractivity contribution in [1.82, 2.24) is 14.6 Å². The Labute approximate surface area is 166 Å². The van der Waals surface area contributed by atoms with Crippen molar-refractivity contribution >= 4 is 17.3 Å². The van der Waals surface area contributed by atoms with E-state index in [9.17, 15) is 20.3 Å². The third kappa shape index (κ3) is 2.93. The molecule has 10 heteroatoms. The summed E-state index contributed by atoms with van der Waals surface area (Å²) in [6.07, 6.45) is 0.711. The molecule has 0 spiro atoms. The third-order valence-electron chi connectivity index (χ3n) is 6.02. The van der Waals surface area contributed by atoms with E-state index in [0.29, 0.717) is 18.4 Å². The van der Waals surface area contributed by atoms with Crippen molar-refractivity contribution in [2.45, 2.75) is 63.1 Å². The second-order valence-corrected chi connectivity index (χ2v) is 7.96. The van der Waals surface area contributed by atoms with E-state index in [1.54, 1.807) is 6.07 Å². The average Bonchev–Trinajstić information content (AvgIpc) is 3.25. The summed E-state index contributed by atoms with van der Waals surface area (Å²) in [7, 11) is 0. The minimum atomic E-state index is -1.99. The Bertz CT molecular complexity index is 979. The summed E-state index contributed by atoms with van der Waals surface area (Å²) in [6.45, 7) is 1.82. The molecule has 1 saturated carbocycles. The van der Waals surface area contributed by atoms with Crippen LogP contribution in [0.4, 0.5) is 5.82 Å². The van der Waals surface area contributed by atoms with Crippen LogP contribution in [0.1, 0.15) is 44.7 Å². The molecule has 2 aromatic rings. The molecule has 2 fully saturated rings. The van der Waals surface area contributed by atoms with Gasteiger partial charge in [0.05, 0.1) is 11.1 Å². The van der Waals surface area contributed by atoms with Crippen LogP contribution >= 0.6 is 0 Å². The quantitative estimate of drug-likeness (QED) is 0.627. The van der Waals surface area contributed by atoms with Crippen LogP contribution in [0.25, 0.3) is 5.52 Å². The van der Waals surface area contributed by atoms with Gasteiger partial charge in [-0.05, 0) is 31.9 Å². The lowest BCUT2D eigenvalue weighted by molar-refractivity contribution is -0.206. The van der Waals surface area contributed by atoms with Crippen LogP contribution in [0.15, 0.2) is 18.5 Å². The molecule has 3 heterocycles. The summed E-state index contributed by atoms with van der Waals surface area (Å²) in [5, 5.41) is 35.1. The highest BCUT2D eigenvalue weighted by atomic mass is 16.7. The van der Waals surface area contributed by atoms with E-state index in [-0.39, 0.29) is 11.5 Å². The first-order valence-electron chi connectivity index (χ1n) is 9.57. The van der Waals surface area contributed by atoms with E-state index in [2.05, 4.69) is 10.1 Å². The zero-order valence-electron chi connectivity index (χ0n) is 16.0. The molecule has 0 amide bonds. The number of rotatable bonds is 3. The maximum absolute atomic E-state index is 12.8. The van der Waals surface area contributed by atoms with Gasteiger partial charge in [-0.1, -0.05) is 19.3 Å². The van der Waals surface area contributed by atoms with E-state index < -0.39 is 35.5 Å². The lowest BCUT2D eigenvalue weighted by Gasteiger charge is -2.32. The highest BCUT2D eigenvalue weighted by Gasteiger charge is 2.59. The van der Waals surface area contributed by atoms with Gasteiger partial charge >= 0.3 is 5.97 Å². The van der Waals surface area contributed by atoms with Crippen molar-refractivity contribution in [1.29, 1.82) is 5.26 Å². The van der Waals surface area contributed by atoms with Gasteiger partial charge in [0.1, 0.15) is 30.1 Å². The van der Waals surface area contributed by atoms with E-state index in [4.69, 9.17) is 15.2 Å². The van der Waals surface area contributed by atoms with Crippen LogP contribution in [0.2, 0.25) is 0 Å². The second-order valence-electron chi connectivity index (χ2n) is 7.96. The fourth-order valence-electron chi connectivity index (χ4n) is 4.19. The molecule has 1 aliphatic carbocycles. The van der Waals surface area contributed by atoms with Gasteiger partial charge in [0, 0.05) is 0 Å². The number of esters is 1. The Morgan fingerprint density at radius 1 is 1.38 bits per heavy atom. The Morgan fingerprint density at radius 2 is 2.10 bits per heavy atom. The summed E-state index contributed by atoms with van der Waals surface area (Å²) in [5.74, 6) is -0.325. The molecule has 0 radical (unpaired) electrons. The lowest BCUT2D eigenvalue weighted by atomic mass is 9.76. The largest absolute Gasteiger partial charge is 0.432 e. The van der Waals surface area contributed by atoms with Gasteiger partial charge in [0.25, 0.3) is 0 Å². The van der Waals surface area contributed by atoms with Gasteiger partial charge in [-0.3, -0.25) is 4.79 Å². The van der Waals surface area contributed by atoms with Crippen LogP contribution in [0.5, 0.6) is 0 Å². The molecular formula is C19H23N5O5. The number of nitrogens with zero attached hydrogens (tertiary/aromatic N) is 4. The molecular weight excluding hydrogens is 378 g/mol. The Morgan fingerprint density at radius 3 is 2.79 bits per heavy atom. The van der Waals surface area contributed by atoms with Crippen molar-refractivity contribution in [3.05, 3.63) is 24.2 Å². The fourth-order valence-corrected chi connectivity index (χ4v) is 4.19. The third-order valence-corrected chi connectivity index (χ3v) is 6.02. The normalized spacial score (nSPS) is 31.4. The molecule has 10 nitrogen and oxygen atoms in total. The zero-order valence-corrected chi connectivity index (χ0v) is 16.0. The number of carbonyl (C=O) groups is 1. The first-order chi connectivity index (χ1) is 13.8. The number of nitriles is 1. The first kappa shape index (κ1) is 19.6. The van der Waals surface area contributed by atoms with Crippen LogP contribution in [0, 0.1) is 16.7 Å². The Balaban J connectivity index is 1.65. The second kappa shape index (κ2) is 6.95. The Hall–Kier alpha value is -2.74. The Kier molecular flexibility index (Phi) is 4.69. The number of anilines is 1. The van der Waals surface area contributed by atoms with Crippen molar-refractivity contribution in [3.63, 3.8) is 0 Å². The topological polar surface area (TPSA) is 156 Å². The number of nitrogen functional groups attached to an aromatic ring is 1. The molecule has 0 unspecified atom stereocenters. The molecule has 1 saturated heterocycles. The lowest BCUT2D eigenvalue weighted by Crippen LogP contribution is -2.41. The number of hydrogen-bond acceptors (Lipinski definition) is 9. The zero-order chi connectivity index (χ0) is 20.8. The van der Waals surface area contributed by atoms with Gasteiger partial charge in [-0.2, -0.15) is 10.4 Å².